The molecule has 0 atom stereocenters. The Hall–Kier alpha value is -8.58. The van der Waals surface area contributed by atoms with Crippen LogP contribution in [0.25, 0.3) is 131 Å². The number of hydrogen-bond acceptors (Lipinski definition) is 0. The van der Waals surface area contributed by atoms with Gasteiger partial charge in [0, 0.05) is 10.8 Å². The minimum absolute atomic E-state index is 0.181. The average molecular weight is 1030 g/mol. The Bertz CT molecular complexity index is 4460. The lowest BCUT2D eigenvalue weighted by molar-refractivity contribution is 0.592. The molecule has 0 saturated carbocycles. The lowest BCUT2D eigenvalue weighted by atomic mass is 9.71. The van der Waals surface area contributed by atoms with Gasteiger partial charge in [0.1, 0.15) is 0 Å². The van der Waals surface area contributed by atoms with E-state index in [1.54, 1.807) is 0 Å². The number of fused-ring (bicyclic) bond motifs is 12. The van der Waals surface area contributed by atoms with Crippen LogP contribution in [0, 0.1) is 0 Å². The number of hydrogen-bond donors (Lipinski definition) is 0. The van der Waals surface area contributed by atoms with E-state index in [0.29, 0.717) is 0 Å². The van der Waals surface area contributed by atoms with E-state index >= 15 is 0 Å². The van der Waals surface area contributed by atoms with Gasteiger partial charge in [0.25, 0.3) is 0 Å². The van der Waals surface area contributed by atoms with E-state index in [9.17, 15) is 0 Å². The molecule has 0 amide bonds. The fourth-order valence-electron chi connectivity index (χ4n) is 15.3. The Morgan fingerprint density at radius 3 is 0.675 bits per heavy atom. The van der Waals surface area contributed by atoms with Crippen LogP contribution < -0.4 is 0 Å². The SMILES string of the molecule is CC(C)(C)c1c2cc3c(cc2c(C(C)(C)C)c2cc4c(cc12)C(C)(C)c1cc2c(-c5ccccc5)c5ccccc5c(-c5ccccc5)c2cc1-4)C(C)(C)c1cc2c(-c4ccccc4)c4ccccc4c(-c4ccccc4)c2cc1-3. The fourth-order valence-corrected chi connectivity index (χ4v) is 15.3. The molecule has 2 aliphatic carbocycles. The monoisotopic (exact) mass is 1030 g/mol. The van der Waals surface area contributed by atoms with Gasteiger partial charge in [-0.25, -0.2) is 0 Å². The van der Waals surface area contributed by atoms with Gasteiger partial charge in [0.2, 0.25) is 0 Å². The van der Waals surface area contributed by atoms with Gasteiger partial charge in [-0.2, -0.15) is 0 Å². The second kappa shape index (κ2) is 17.0. The van der Waals surface area contributed by atoms with Crippen molar-refractivity contribution in [1.29, 1.82) is 0 Å². The van der Waals surface area contributed by atoms with Crippen LogP contribution in [0.15, 0.2) is 218 Å². The van der Waals surface area contributed by atoms with Crippen LogP contribution in [0.4, 0.5) is 0 Å². The topological polar surface area (TPSA) is 0 Å². The molecular weight excluding hydrogens is 961 g/mol. The largest absolute Gasteiger partial charge is 0.0622 e. The van der Waals surface area contributed by atoms with Crippen molar-refractivity contribution in [1.82, 2.24) is 0 Å². The minimum Gasteiger partial charge on any atom is -0.0622 e. The molecule has 0 bridgehead atoms. The Labute approximate surface area is 471 Å². The van der Waals surface area contributed by atoms with Crippen molar-refractivity contribution in [2.24, 2.45) is 0 Å². The maximum absolute atomic E-state index is 2.65. The number of benzene rings is 13. The Kier molecular flexibility index (Phi) is 10.3. The molecule has 0 spiro atoms. The Morgan fingerprint density at radius 2 is 0.425 bits per heavy atom. The third-order valence-corrected chi connectivity index (χ3v) is 18.7. The highest BCUT2D eigenvalue weighted by atomic mass is 14.4. The van der Waals surface area contributed by atoms with Crippen LogP contribution in [0.3, 0.4) is 0 Å². The zero-order valence-corrected chi connectivity index (χ0v) is 47.8. The fraction of sp³-hybridized carbons (Fsp3) is 0.175. The molecule has 15 rings (SSSR count). The van der Waals surface area contributed by atoms with Crippen molar-refractivity contribution < 1.29 is 0 Å². The Balaban J connectivity index is 1.04. The summed E-state index contributed by atoms with van der Waals surface area (Å²) in [6.07, 6.45) is 0. The van der Waals surface area contributed by atoms with Crippen molar-refractivity contribution in [3.63, 3.8) is 0 Å². The van der Waals surface area contributed by atoms with E-state index in [0.717, 1.165) is 0 Å². The molecule has 0 fully saturated rings. The van der Waals surface area contributed by atoms with Gasteiger partial charge in [0.05, 0.1) is 0 Å². The normalized spacial score (nSPS) is 14.3. The van der Waals surface area contributed by atoms with Crippen molar-refractivity contribution in [2.75, 3.05) is 0 Å². The molecule has 13 aromatic rings. The van der Waals surface area contributed by atoms with E-state index < -0.39 is 0 Å². The quantitative estimate of drug-likeness (QED) is 0.154. The molecule has 0 saturated heterocycles. The molecule has 0 nitrogen and oxygen atoms in total. The summed E-state index contributed by atoms with van der Waals surface area (Å²) in [6, 6.07) is 83.5. The van der Waals surface area contributed by atoms with Crippen LogP contribution in [0.1, 0.15) is 103 Å². The van der Waals surface area contributed by atoms with Crippen molar-refractivity contribution in [3.05, 3.63) is 252 Å². The molecule has 2 aliphatic rings. The van der Waals surface area contributed by atoms with Crippen LogP contribution in [-0.2, 0) is 21.7 Å². The first-order chi connectivity index (χ1) is 38.5. The zero-order chi connectivity index (χ0) is 54.8. The summed E-state index contributed by atoms with van der Waals surface area (Å²) in [5.74, 6) is 0. The lowest BCUT2D eigenvalue weighted by Gasteiger charge is -2.32. The van der Waals surface area contributed by atoms with E-state index in [1.165, 1.54) is 165 Å². The molecule has 0 aliphatic heterocycles. The van der Waals surface area contributed by atoms with Gasteiger partial charge in [-0.1, -0.05) is 239 Å². The highest BCUT2D eigenvalue weighted by Crippen LogP contribution is 2.59. The first-order valence-electron chi connectivity index (χ1n) is 28.9. The summed E-state index contributed by atoms with van der Waals surface area (Å²) in [5.41, 5.74) is 23.1. The molecule has 0 N–H and O–H groups in total. The van der Waals surface area contributed by atoms with Gasteiger partial charge in [-0.05, 0) is 224 Å². The van der Waals surface area contributed by atoms with Crippen LogP contribution in [-0.4, -0.2) is 0 Å². The van der Waals surface area contributed by atoms with E-state index in [1.807, 2.05) is 0 Å². The van der Waals surface area contributed by atoms with Crippen LogP contribution in [0.2, 0.25) is 0 Å². The summed E-state index contributed by atoms with van der Waals surface area (Å²) in [4.78, 5) is 0. The summed E-state index contributed by atoms with van der Waals surface area (Å²) >= 11 is 0. The summed E-state index contributed by atoms with van der Waals surface area (Å²) in [6.45, 7) is 24.6. The first-order valence-corrected chi connectivity index (χ1v) is 28.9. The standard InChI is InChI=1S/C80H66/c1-77(2,3)75-63-41-57-55-39-59-61(73(49-31-19-13-20-32-49)53-37-25-23-35-51(53)71(59)47-27-15-11-16-28-47)43-67(55)80(9,10)70(57)46-66(63)76(78(4,5)6)64-42-58-56-40-60-62(44-68(56)79(7,8)69(58)45-65(64)75)74(50-33-21-14-22-34-50)54-38-26-24-36-52(54)72(60)48-29-17-12-18-30-48/h11-46H,1-10H3. The zero-order valence-electron chi connectivity index (χ0n) is 47.8. The van der Waals surface area contributed by atoms with Crippen molar-refractivity contribution in [3.8, 4) is 66.8 Å². The molecule has 386 valence electrons. The first kappa shape index (κ1) is 48.5. The van der Waals surface area contributed by atoms with Crippen molar-refractivity contribution >= 4 is 64.6 Å². The second-order valence-corrected chi connectivity index (χ2v) is 26.3. The highest BCUT2D eigenvalue weighted by Gasteiger charge is 2.41. The third-order valence-electron chi connectivity index (χ3n) is 18.7. The summed E-state index contributed by atoms with van der Waals surface area (Å²) < 4.78 is 0. The molecule has 0 heterocycles. The maximum atomic E-state index is 2.65. The van der Waals surface area contributed by atoms with Gasteiger partial charge < -0.3 is 0 Å². The number of rotatable bonds is 4. The van der Waals surface area contributed by atoms with Gasteiger partial charge in [0.15, 0.2) is 0 Å². The van der Waals surface area contributed by atoms with E-state index in [-0.39, 0.29) is 21.7 Å². The predicted octanol–water partition coefficient (Wildman–Crippen LogP) is 22.5. The van der Waals surface area contributed by atoms with Crippen LogP contribution in [0.5, 0.6) is 0 Å². The smallest absolute Gasteiger partial charge is 0.0159 e. The molecule has 0 aromatic heterocycles. The van der Waals surface area contributed by atoms with Crippen LogP contribution >= 0.6 is 0 Å². The molecular formula is C80H66. The second-order valence-electron chi connectivity index (χ2n) is 26.3. The third kappa shape index (κ3) is 6.87. The summed E-state index contributed by atoms with van der Waals surface area (Å²) in [5, 5.41) is 15.8. The molecule has 13 aromatic carbocycles. The van der Waals surface area contributed by atoms with Gasteiger partial charge >= 0.3 is 0 Å². The summed E-state index contributed by atoms with van der Waals surface area (Å²) in [7, 11) is 0. The van der Waals surface area contributed by atoms with E-state index in [2.05, 4.69) is 288 Å². The molecule has 0 radical (unpaired) electrons. The lowest BCUT2D eigenvalue weighted by Crippen LogP contribution is -2.20. The predicted molar refractivity (Wildman–Crippen MR) is 346 cm³/mol. The average Bonchev–Trinajstić information content (AvgIpc) is 4.04. The molecule has 80 heavy (non-hydrogen) atoms. The highest BCUT2D eigenvalue weighted by molar-refractivity contribution is 6.25. The van der Waals surface area contributed by atoms with Crippen molar-refractivity contribution in [2.45, 2.75) is 90.9 Å². The Morgan fingerprint density at radius 1 is 0.225 bits per heavy atom. The van der Waals surface area contributed by atoms with Gasteiger partial charge in [-0.15, -0.1) is 0 Å². The van der Waals surface area contributed by atoms with Gasteiger partial charge in [-0.3, -0.25) is 0 Å². The maximum Gasteiger partial charge on any atom is 0.0159 e. The molecule has 0 unspecified atom stereocenters. The molecule has 0 heteroatoms. The minimum atomic E-state index is -0.271. The van der Waals surface area contributed by atoms with E-state index in [4.69, 9.17) is 0 Å².